The number of benzene rings is 1. The molecule has 1 radical (unpaired) electrons. The fraction of sp³-hybridized carbons (Fsp3) is 0.333. The Kier molecular flexibility index (Phi) is 3.70. The van der Waals surface area contributed by atoms with Crippen molar-refractivity contribution in [1.82, 2.24) is 0 Å². The summed E-state index contributed by atoms with van der Waals surface area (Å²) >= 11 is 0. The minimum atomic E-state index is -6.96. The molecule has 0 heterocycles. The molecule has 0 spiro atoms. The topological polar surface area (TPSA) is 0 Å². The van der Waals surface area contributed by atoms with Gasteiger partial charge in [-0.25, -0.2) is 17.6 Å². The van der Waals surface area contributed by atoms with Crippen LogP contribution in [0.1, 0.15) is 5.56 Å². The maximum atomic E-state index is 13.0. The Bertz CT molecular complexity index is 501. The van der Waals surface area contributed by atoms with Crippen molar-refractivity contribution in [2.45, 2.75) is 18.0 Å². The lowest BCUT2D eigenvalue weighted by molar-refractivity contribution is -0.360. The monoisotopic (exact) mass is 317 g/mol. The van der Waals surface area contributed by atoms with Gasteiger partial charge in [-0.15, -0.1) is 0 Å². The van der Waals surface area contributed by atoms with Gasteiger partial charge >= 0.3 is 18.0 Å². The lowest BCUT2D eigenvalue weighted by Gasteiger charge is -2.28. The van der Waals surface area contributed by atoms with Gasteiger partial charge in [-0.3, -0.25) is 0 Å². The van der Waals surface area contributed by atoms with Gasteiger partial charge in [0.25, 0.3) is 0 Å². The van der Waals surface area contributed by atoms with E-state index in [0.717, 1.165) is 0 Å². The van der Waals surface area contributed by atoms with Gasteiger partial charge in [0, 0.05) is 0 Å². The maximum Gasteiger partial charge on any atom is 0.460 e. The Labute approximate surface area is 102 Å². The van der Waals surface area contributed by atoms with Crippen molar-refractivity contribution in [2.24, 2.45) is 0 Å². The number of hydrogen-bond donors (Lipinski definition) is 0. The highest BCUT2D eigenvalue weighted by atomic mass is 19.4. The molecule has 0 aliphatic heterocycles. The van der Waals surface area contributed by atoms with Crippen LogP contribution in [0.4, 0.5) is 48.3 Å². The summed E-state index contributed by atoms with van der Waals surface area (Å²) in [5.41, 5.74) is -3.37. The molecule has 0 saturated heterocycles. The normalized spacial score (nSPS) is 13.8. The predicted molar refractivity (Wildman–Crippen MR) is 40.0 cm³/mol. The van der Waals surface area contributed by atoms with E-state index in [9.17, 15) is 48.3 Å². The van der Waals surface area contributed by atoms with Crippen molar-refractivity contribution >= 4 is 0 Å². The summed E-state index contributed by atoms with van der Waals surface area (Å²) in [7, 11) is 0. The maximum absolute atomic E-state index is 13.0. The Hall–Kier alpha value is -1.55. The first-order valence-corrected chi connectivity index (χ1v) is 4.33. The van der Waals surface area contributed by atoms with Crippen LogP contribution in [0, 0.1) is 29.3 Å². The molecule has 0 amide bonds. The van der Waals surface area contributed by atoms with E-state index in [2.05, 4.69) is 0 Å². The van der Waals surface area contributed by atoms with Gasteiger partial charge in [0.2, 0.25) is 0 Å². The summed E-state index contributed by atoms with van der Waals surface area (Å²) < 4.78 is 137. The first-order chi connectivity index (χ1) is 8.75. The second-order valence-electron chi connectivity index (χ2n) is 3.40. The minimum absolute atomic E-state index is 0.567. The zero-order valence-corrected chi connectivity index (χ0v) is 8.66. The summed E-state index contributed by atoms with van der Waals surface area (Å²) in [6.45, 7) is 0. The lowest BCUT2D eigenvalue weighted by atomic mass is 10.00. The van der Waals surface area contributed by atoms with Crippen LogP contribution in [0.15, 0.2) is 0 Å². The molecule has 11 heteroatoms. The molecule has 0 nitrogen and oxygen atoms in total. The van der Waals surface area contributed by atoms with E-state index in [4.69, 9.17) is 0 Å². The number of halogens is 11. The van der Waals surface area contributed by atoms with E-state index in [1.807, 2.05) is 0 Å². The molecule has 113 valence electrons. The van der Waals surface area contributed by atoms with Crippen LogP contribution < -0.4 is 0 Å². The first kappa shape index (κ1) is 16.5. The van der Waals surface area contributed by atoms with Crippen LogP contribution in [-0.4, -0.2) is 12.1 Å². The molecular weight excluding hydrogens is 317 g/mol. The molecule has 0 aliphatic rings. The zero-order chi connectivity index (χ0) is 16.1. The lowest BCUT2D eigenvalue weighted by Crippen LogP contribution is -2.51. The van der Waals surface area contributed by atoms with Crippen molar-refractivity contribution in [3.63, 3.8) is 0 Å². The van der Waals surface area contributed by atoms with E-state index in [-0.39, 0.29) is 0 Å². The van der Waals surface area contributed by atoms with Crippen molar-refractivity contribution < 1.29 is 48.3 Å². The number of alkyl halides is 7. The van der Waals surface area contributed by atoms with Crippen LogP contribution in [0.5, 0.6) is 0 Å². The Balaban J connectivity index is 3.67. The second kappa shape index (κ2) is 4.48. The predicted octanol–water partition coefficient (Wildman–Crippen LogP) is 4.33. The van der Waals surface area contributed by atoms with Crippen molar-refractivity contribution in [2.75, 3.05) is 0 Å². The fourth-order valence-electron chi connectivity index (χ4n) is 1.13. The van der Waals surface area contributed by atoms with Crippen molar-refractivity contribution in [1.29, 1.82) is 0 Å². The summed E-state index contributed by atoms with van der Waals surface area (Å²) in [5.74, 6) is -25.1. The quantitative estimate of drug-likeness (QED) is 0.562. The van der Waals surface area contributed by atoms with E-state index in [1.54, 1.807) is 0 Å². The smallest absolute Gasteiger partial charge is 0.203 e. The number of rotatable bonds is 2. The molecular formula is C9F11. The zero-order valence-electron chi connectivity index (χ0n) is 8.66. The Morgan fingerprint density at radius 2 is 1.00 bits per heavy atom. The third-order valence-electron chi connectivity index (χ3n) is 2.11. The largest absolute Gasteiger partial charge is 0.460 e. The fourth-order valence-corrected chi connectivity index (χ4v) is 1.13. The van der Waals surface area contributed by atoms with Gasteiger partial charge in [0.1, 0.15) is 5.56 Å². The molecule has 0 bridgehead atoms. The van der Waals surface area contributed by atoms with Crippen LogP contribution in [-0.2, 0) is 5.92 Å². The van der Waals surface area contributed by atoms with Crippen LogP contribution in [0.2, 0.25) is 0 Å². The molecule has 0 unspecified atom stereocenters. The van der Waals surface area contributed by atoms with Gasteiger partial charge < -0.3 is 0 Å². The second-order valence-corrected chi connectivity index (χ2v) is 3.40. The third-order valence-corrected chi connectivity index (χ3v) is 2.11. The molecule has 1 aromatic carbocycles. The molecule has 0 N–H and O–H groups in total. The molecule has 1 rings (SSSR count). The van der Waals surface area contributed by atoms with Gasteiger partial charge in [-0.1, -0.05) is 0 Å². The summed E-state index contributed by atoms with van der Waals surface area (Å²) in [4.78, 5) is 0. The van der Waals surface area contributed by atoms with Crippen LogP contribution in [0.25, 0.3) is 0 Å². The van der Waals surface area contributed by atoms with E-state index in [0.29, 0.717) is 6.07 Å². The summed E-state index contributed by atoms with van der Waals surface area (Å²) in [6, 6.07) is 0.567. The van der Waals surface area contributed by atoms with Crippen molar-refractivity contribution in [3.05, 3.63) is 34.9 Å². The standard InChI is InChI=1S/C9F11/c10-2-1-3(11)6(13)4(5(2)12)7(14,15)8(16,17)9(18,19)20. The van der Waals surface area contributed by atoms with Crippen LogP contribution >= 0.6 is 0 Å². The molecule has 0 aromatic heterocycles. The highest BCUT2D eigenvalue weighted by Gasteiger charge is 2.75. The summed E-state index contributed by atoms with van der Waals surface area (Å²) in [6.07, 6.45) is -6.91. The Morgan fingerprint density at radius 1 is 0.650 bits per heavy atom. The molecule has 0 atom stereocenters. The summed E-state index contributed by atoms with van der Waals surface area (Å²) in [5, 5.41) is 0. The average molecular weight is 317 g/mol. The van der Waals surface area contributed by atoms with Gasteiger partial charge in [-0.05, 0) is 0 Å². The third kappa shape index (κ3) is 2.18. The average Bonchev–Trinajstić information content (AvgIpc) is 2.24. The first-order valence-electron chi connectivity index (χ1n) is 4.33. The Morgan fingerprint density at radius 3 is 1.30 bits per heavy atom. The highest BCUT2D eigenvalue weighted by Crippen LogP contribution is 2.53. The molecule has 0 fully saturated rings. The van der Waals surface area contributed by atoms with Crippen molar-refractivity contribution in [3.8, 4) is 0 Å². The number of hydrogen-bond acceptors (Lipinski definition) is 0. The van der Waals surface area contributed by atoms with Gasteiger partial charge in [0.15, 0.2) is 23.3 Å². The van der Waals surface area contributed by atoms with Crippen LogP contribution in [0.3, 0.4) is 0 Å². The molecule has 0 aliphatic carbocycles. The molecule has 20 heavy (non-hydrogen) atoms. The minimum Gasteiger partial charge on any atom is -0.203 e. The van der Waals surface area contributed by atoms with Gasteiger partial charge in [-0.2, -0.15) is 30.7 Å². The molecule has 1 aromatic rings. The van der Waals surface area contributed by atoms with E-state index < -0.39 is 46.9 Å². The highest BCUT2D eigenvalue weighted by molar-refractivity contribution is 5.28. The molecule has 0 saturated carbocycles. The SMILES string of the molecule is Fc1[c]c(F)c(F)c(C(F)(F)C(F)(F)C(F)(F)F)c1F. The van der Waals surface area contributed by atoms with Gasteiger partial charge in [0.05, 0.1) is 6.07 Å². The van der Waals surface area contributed by atoms with E-state index >= 15 is 0 Å². The van der Waals surface area contributed by atoms with E-state index in [1.165, 1.54) is 0 Å².